The summed E-state index contributed by atoms with van der Waals surface area (Å²) in [6.45, 7) is 10.4. The van der Waals surface area contributed by atoms with Crippen LogP contribution in [0, 0.1) is 17.9 Å². The van der Waals surface area contributed by atoms with Crippen LogP contribution in [0.5, 0.6) is 0 Å². The zero-order valence-electron chi connectivity index (χ0n) is 25.9. The van der Waals surface area contributed by atoms with Gasteiger partial charge in [-0.3, -0.25) is 9.59 Å². The Morgan fingerprint density at radius 1 is 1.27 bits per heavy atom. The van der Waals surface area contributed by atoms with Crippen LogP contribution in [0.2, 0.25) is 5.02 Å². The number of rotatable bonds is 11. The van der Waals surface area contributed by atoms with Crippen LogP contribution in [-0.4, -0.2) is 66.0 Å². The minimum atomic E-state index is -0.101. The number of halogens is 1. The van der Waals surface area contributed by atoms with E-state index in [1.165, 1.54) is 38.2 Å². The van der Waals surface area contributed by atoms with Gasteiger partial charge in [0.2, 0.25) is 5.91 Å². The van der Waals surface area contributed by atoms with Gasteiger partial charge in [-0.1, -0.05) is 36.7 Å². The summed E-state index contributed by atoms with van der Waals surface area (Å²) in [4.78, 5) is 29.3. The largest absolute Gasteiger partial charge is 0.462 e. The van der Waals surface area contributed by atoms with Gasteiger partial charge in [0, 0.05) is 49.0 Å². The highest BCUT2D eigenvalue weighted by Crippen LogP contribution is 2.32. The van der Waals surface area contributed by atoms with Crippen molar-refractivity contribution in [2.24, 2.45) is 0 Å². The Balaban J connectivity index is 0.000000608. The fourth-order valence-electron chi connectivity index (χ4n) is 5.32. The highest BCUT2D eigenvalue weighted by Gasteiger charge is 2.25. The van der Waals surface area contributed by atoms with E-state index in [9.17, 15) is 9.59 Å². The molecule has 5 N–H and O–H groups in total. The highest BCUT2D eigenvalue weighted by atomic mass is 35.5. The molecule has 2 aliphatic rings. The Labute approximate surface area is 269 Å². The number of benzene rings is 1. The average Bonchev–Trinajstić information content (AvgIpc) is 3.73. The lowest BCUT2D eigenvalue weighted by Crippen LogP contribution is -2.38. The van der Waals surface area contributed by atoms with Crippen molar-refractivity contribution in [2.75, 3.05) is 44.7 Å². The van der Waals surface area contributed by atoms with E-state index < -0.39 is 0 Å². The van der Waals surface area contributed by atoms with Crippen LogP contribution >= 0.6 is 11.6 Å². The first kappa shape index (κ1) is 35.4. The topological polar surface area (TPSA) is 144 Å². The lowest BCUT2D eigenvalue weighted by atomic mass is 9.90. The van der Waals surface area contributed by atoms with E-state index in [4.69, 9.17) is 31.3 Å². The van der Waals surface area contributed by atoms with Crippen LogP contribution in [0.3, 0.4) is 0 Å². The predicted molar refractivity (Wildman–Crippen MR) is 180 cm³/mol. The number of aliphatic hydroxyl groups is 1. The zero-order valence-corrected chi connectivity index (χ0v) is 26.7. The van der Waals surface area contributed by atoms with Crippen molar-refractivity contribution in [2.45, 2.75) is 57.8 Å². The minimum Gasteiger partial charge on any atom is -0.462 e. The fourth-order valence-corrected chi connectivity index (χ4v) is 5.49. The first-order valence-electron chi connectivity index (χ1n) is 15.3. The molecule has 10 nitrogen and oxygen atoms in total. The lowest BCUT2D eigenvalue weighted by molar-refractivity contribution is -0.132. The van der Waals surface area contributed by atoms with Crippen LogP contribution in [0.1, 0.15) is 69.1 Å². The molecule has 2 saturated heterocycles. The van der Waals surface area contributed by atoms with Crippen LogP contribution in [-0.2, 0) is 9.53 Å². The number of unbranched alkanes of at least 4 members (excludes halogenated alkanes) is 1. The normalized spacial score (nSPS) is 14.5. The van der Waals surface area contributed by atoms with Crippen molar-refractivity contribution >= 4 is 39.9 Å². The number of carbonyl (C=O) groups is 1. The molecule has 45 heavy (non-hydrogen) atoms. The number of furan rings is 1. The second kappa shape index (κ2) is 18.7. The maximum atomic E-state index is 12.6. The summed E-state index contributed by atoms with van der Waals surface area (Å²) < 4.78 is 11.6. The third-order valence-electron chi connectivity index (χ3n) is 7.58. The standard InChI is InChI=1S/C28H33ClN4O4.C4H9N.C2H2O/c1-18(32-26-22-7-3-4-8-24(22)37-27(26)19(2)30)17-36-14-6-5-9-25(34)33-12-10-20(11-13-33)23-15-21(29)16-31-28(23)35;1-2-4-5-3-1;1-2-3/h3-4,7-8,15-16,20,30,32H,1,5-6,9-14,17H2,2H3,(H,31,35);5H,1-4H2;1,3H. The maximum Gasteiger partial charge on any atom is 0.251 e. The Morgan fingerprint density at radius 3 is 2.60 bits per heavy atom. The predicted octanol–water partition coefficient (Wildman–Crippen LogP) is 6.00. The van der Waals surface area contributed by atoms with Gasteiger partial charge in [-0.05, 0) is 82.7 Å². The maximum absolute atomic E-state index is 12.6. The lowest BCUT2D eigenvalue weighted by Gasteiger charge is -2.32. The van der Waals surface area contributed by atoms with Crippen molar-refractivity contribution < 1.29 is 19.1 Å². The zero-order chi connectivity index (χ0) is 32.6. The number of aliphatic hydroxyl groups excluding tert-OH is 1. The third kappa shape index (κ3) is 11.1. The van der Waals surface area contributed by atoms with Gasteiger partial charge in [-0.2, -0.15) is 0 Å². The Hall–Kier alpha value is -4.04. The highest BCUT2D eigenvalue weighted by molar-refractivity contribution is 6.30. The second-order valence-electron chi connectivity index (χ2n) is 11.0. The van der Waals surface area contributed by atoms with Gasteiger partial charge >= 0.3 is 0 Å². The fraction of sp³-hybridized carbons (Fsp3) is 0.441. The molecule has 1 amide bonds. The number of amides is 1. The quantitative estimate of drug-likeness (QED) is 0.0985. The average molecular weight is 638 g/mol. The molecule has 5 rings (SSSR count). The number of hydrogen-bond donors (Lipinski definition) is 5. The molecule has 0 bridgehead atoms. The first-order valence-corrected chi connectivity index (χ1v) is 15.7. The van der Waals surface area contributed by atoms with E-state index >= 15 is 0 Å². The molecule has 2 aliphatic heterocycles. The van der Waals surface area contributed by atoms with E-state index in [1.807, 2.05) is 29.2 Å². The Bertz CT molecular complexity index is 1510. The van der Waals surface area contributed by atoms with E-state index in [1.54, 1.807) is 13.0 Å². The van der Waals surface area contributed by atoms with Crippen LogP contribution in [0.15, 0.2) is 58.0 Å². The molecule has 2 aromatic heterocycles. The summed E-state index contributed by atoms with van der Waals surface area (Å²) in [5, 5.41) is 23.0. The third-order valence-corrected chi connectivity index (χ3v) is 7.80. The molecule has 0 spiro atoms. The summed E-state index contributed by atoms with van der Waals surface area (Å²) >= 11 is 6.03. The number of anilines is 1. The summed E-state index contributed by atoms with van der Waals surface area (Å²) in [6, 6.07) is 9.37. The molecular weight excluding hydrogens is 594 g/mol. The number of nitrogens with one attached hydrogen (secondary N) is 4. The van der Waals surface area contributed by atoms with Gasteiger partial charge in [0.1, 0.15) is 11.7 Å². The van der Waals surface area contributed by atoms with Crippen molar-refractivity contribution in [3.05, 3.63) is 75.5 Å². The summed E-state index contributed by atoms with van der Waals surface area (Å²) in [5.41, 5.74) is 3.05. The number of likely N-dealkylation sites (tertiary alicyclic amines) is 1. The molecule has 2 fully saturated rings. The number of ether oxygens (including phenoxy) is 1. The summed E-state index contributed by atoms with van der Waals surface area (Å²) in [6.07, 6.45) is 13.2. The Morgan fingerprint density at radius 2 is 1.96 bits per heavy atom. The van der Waals surface area contributed by atoms with Crippen molar-refractivity contribution in [1.29, 1.82) is 5.41 Å². The number of aromatic nitrogens is 1. The van der Waals surface area contributed by atoms with Crippen LogP contribution in [0.4, 0.5) is 5.69 Å². The monoisotopic (exact) mass is 637 g/mol. The molecule has 0 aliphatic carbocycles. The summed E-state index contributed by atoms with van der Waals surface area (Å²) in [5.74, 6) is 0.760. The van der Waals surface area contributed by atoms with Gasteiger partial charge in [0.05, 0.1) is 23.0 Å². The molecule has 0 radical (unpaired) electrons. The summed E-state index contributed by atoms with van der Waals surface area (Å²) in [7, 11) is 0. The number of nitrogens with zero attached hydrogens (tertiary/aromatic N) is 1. The number of para-hydroxylation sites is 1. The minimum absolute atomic E-state index is 0.101. The number of fused-ring (bicyclic) bond motifs is 1. The van der Waals surface area contributed by atoms with E-state index in [2.05, 4.69) is 28.6 Å². The molecule has 0 unspecified atom stereocenters. The molecule has 4 heterocycles. The smallest absolute Gasteiger partial charge is 0.251 e. The van der Waals surface area contributed by atoms with Crippen LogP contribution in [0.25, 0.3) is 11.0 Å². The van der Waals surface area contributed by atoms with E-state index in [0.29, 0.717) is 66.1 Å². The Kier molecular flexibility index (Phi) is 14.7. The number of pyridine rings is 1. The number of carbonyl (C=O) groups excluding carboxylic acids is 1. The van der Waals surface area contributed by atoms with Gasteiger partial charge in [-0.25, -0.2) is 0 Å². The molecule has 0 atom stereocenters. The second-order valence-corrected chi connectivity index (χ2v) is 11.4. The van der Waals surface area contributed by atoms with Crippen molar-refractivity contribution in [1.82, 2.24) is 15.2 Å². The van der Waals surface area contributed by atoms with Gasteiger partial charge in [0.15, 0.2) is 5.76 Å². The molecule has 3 aromatic rings. The number of aromatic amines is 1. The number of terminal acetylenes is 1. The van der Waals surface area contributed by atoms with Crippen LogP contribution < -0.4 is 16.2 Å². The first-order chi connectivity index (χ1) is 21.7. The molecule has 11 heteroatoms. The van der Waals surface area contributed by atoms with Crippen molar-refractivity contribution in [3.63, 3.8) is 0 Å². The number of piperidine rings is 1. The van der Waals surface area contributed by atoms with Gasteiger partial charge in [0.25, 0.3) is 5.56 Å². The van der Waals surface area contributed by atoms with Gasteiger partial charge in [-0.15, -0.1) is 0 Å². The van der Waals surface area contributed by atoms with Gasteiger partial charge < -0.3 is 40.2 Å². The molecular formula is C34H44ClN5O5. The molecule has 1 aromatic carbocycles. The van der Waals surface area contributed by atoms with E-state index in [-0.39, 0.29) is 17.4 Å². The van der Waals surface area contributed by atoms with Crippen molar-refractivity contribution in [3.8, 4) is 12.5 Å². The SMILES string of the molecule is C#CO.C1CCNC1.C=C(COCCCCC(=O)N1CCC(c2cc(Cl)c[nH]c2=O)CC1)Nc1c(C(C)=N)oc2ccccc12. The molecule has 242 valence electrons. The van der Waals surface area contributed by atoms with E-state index in [0.717, 1.165) is 36.8 Å². The number of H-pyrrole nitrogens is 1. The number of hydrogen-bond acceptors (Lipinski definition) is 8. The molecule has 0 saturated carbocycles.